The van der Waals surface area contributed by atoms with Gasteiger partial charge in [-0.15, -0.1) is 0 Å². The van der Waals surface area contributed by atoms with Gasteiger partial charge >= 0.3 is 6.09 Å². The molecule has 1 aromatic heterocycles. The zero-order valence-electron chi connectivity index (χ0n) is 17.2. The maximum Gasteiger partial charge on any atom is 0.407 e. The Balaban J connectivity index is 1.22. The van der Waals surface area contributed by atoms with Crippen LogP contribution < -0.4 is 10.2 Å². The molecule has 0 atom stereocenters. The van der Waals surface area contributed by atoms with Crippen LogP contribution in [0.5, 0.6) is 0 Å². The fourth-order valence-electron chi connectivity index (χ4n) is 4.52. The van der Waals surface area contributed by atoms with Crippen LogP contribution in [-0.4, -0.2) is 62.0 Å². The van der Waals surface area contributed by atoms with Crippen molar-refractivity contribution in [2.24, 2.45) is 5.92 Å². The largest absolute Gasteiger partial charge is 0.453 e. The van der Waals surface area contributed by atoms with Gasteiger partial charge in [-0.25, -0.2) is 9.18 Å². The summed E-state index contributed by atoms with van der Waals surface area (Å²) in [5, 5.41) is 7.90. The van der Waals surface area contributed by atoms with Crippen LogP contribution in [0.4, 0.5) is 15.0 Å². The van der Waals surface area contributed by atoms with Crippen LogP contribution in [0.15, 0.2) is 16.7 Å². The quantitative estimate of drug-likeness (QED) is 0.759. The molecule has 30 heavy (non-hydrogen) atoms. The molecule has 0 unspecified atom stereocenters. The van der Waals surface area contributed by atoms with Gasteiger partial charge in [-0.05, 0) is 50.6 Å². The highest BCUT2D eigenvalue weighted by Gasteiger charge is 2.25. The first-order valence-electron chi connectivity index (χ1n) is 10.6. The summed E-state index contributed by atoms with van der Waals surface area (Å²) in [7, 11) is 1.40. The van der Waals surface area contributed by atoms with Crippen molar-refractivity contribution < 1.29 is 18.4 Å². The monoisotopic (exact) mass is 438 g/mol. The van der Waals surface area contributed by atoms with Gasteiger partial charge in [0.25, 0.3) is 0 Å². The number of aromatic nitrogens is 1. The number of amides is 1. The Labute approximate surface area is 180 Å². The van der Waals surface area contributed by atoms with Gasteiger partial charge in [0.15, 0.2) is 11.4 Å². The number of nitrogens with zero attached hydrogens (tertiary/aromatic N) is 3. The summed E-state index contributed by atoms with van der Waals surface area (Å²) in [5.74, 6) is 0.963. The van der Waals surface area contributed by atoms with Gasteiger partial charge in [0, 0.05) is 38.3 Å². The van der Waals surface area contributed by atoms with Gasteiger partial charge in [-0.2, -0.15) is 0 Å². The lowest BCUT2D eigenvalue weighted by molar-refractivity contribution is 0.158. The Hall–Kier alpha value is -2.06. The maximum absolute atomic E-state index is 13.6. The molecule has 0 radical (unpaired) electrons. The van der Waals surface area contributed by atoms with Crippen molar-refractivity contribution >= 4 is 34.5 Å². The van der Waals surface area contributed by atoms with E-state index in [1.165, 1.54) is 19.6 Å². The Kier molecular flexibility index (Phi) is 6.63. The Morgan fingerprint density at radius 1 is 1.27 bits per heavy atom. The molecule has 1 aliphatic heterocycles. The van der Waals surface area contributed by atoms with Crippen molar-refractivity contribution in [2.45, 2.75) is 38.1 Å². The van der Waals surface area contributed by atoms with Gasteiger partial charge < -0.3 is 19.5 Å². The second kappa shape index (κ2) is 9.39. The van der Waals surface area contributed by atoms with Crippen molar-refractivity contribution in [3.05, 3.63) is 23.0 Å². The molecule has 9 heteroatoms. The molecule has 1 saturated carbocycles. The molecule has 1 aromatic carbocycles. The van der Waals surface area contributed by atoms with Crippen molar-refractivity contribution in [1.29, 1.82) is 0 Å². The number of hydrogen-bond donors (Lipinski definition) is 1. The third kappa shape index (κ3) is 4.81. The predicted molar refractivity (Wildman–Crippen MR) is 114 cm³/mol. The number of alkyl carbamates (subject to hydrolysis) is 1. The lowest BCUT2D eigenvalue weighted by atomic mass is 9.84. The molecule has 0 bridgehead atoms. The first-order chi connectivity index (χ1) is 14.5. The number of rotatable bonds is 5. The second-order valence-electron chi connectivity index (χ2n) is 8.24. The van der Waals surface area contributed by atoms with Crippen molar-refractivity contribution in [1.82, 2.24) is 15.4 Å². The highest BCUT2D eigenvalue weighted by atomic mass is 35.5. The van der Waals surface area contributed by atoms with Crippen LogP contribution in [-0.2, 0) is 4.74 Å². The number of nitrogens with one attached hydrogen (secondary N) is 1. The first kappa shape index (κ1) is 21.2. The summed E-state index contributed by atoms with van der Waals surface area (Å²) in [6.07, 6.45) is 5.20. The van der Waals surface area contributed by atoms with E-state index in [9.17, 15) is 9.18 Å². The highest BCUT2D eigenvalue weighted by Crippen LogP contribution is 2.31. The van der Waals surface area contributed by atoms with Crippen molar-refractivity contribution in [2.75, 3.05) is 44.7 Å². The molecular weight excluding hydrogens is 411 g/mol. The van der Waals surface area contributed by atoms with Crippen molar-refractivity contribution in [3.63, 3.8) is 0 Å². The number of anilines is 1. The van der Waals surface area contributed by atoms with Gasteiger partial charge in [0.2, 0.25) is 0 Å². The summed E-state index contributed by atoms with van der Waals surface area (Å²) >= 11 is 5.94. The average molecular weight is 439 g/mol. The smallest absolute Gasteiger partial charge is 0.407 e. The number of fused-ring (bicyclic) bond motifs is 1. The summed E-state index contributed by atoms with van der Waals surface area (Å²) in [4.78, 5) is 16.0. The van der Waals surface area contributed by atoms with E-state index in [1.807, 2.05) is 0 Å². The summed E-state index contributed by atoms with van der Waals surface area (Å²) in [6, 6.07) is 3.13. The van der Waals surface area contributed by atoms with E-state index in [0.717, 1.165) is 75.5 Å². The second-order valence-corrected chi connectivity index (χ2v) is 8.65. The third-order valence-corrected chi connectivity index (χ3v) is 6.66. The molecule has 2 fully saturated rings. The maximum atomic E-state index is 13.6. The normalized spacial score (nSPS) is 23.0. The predicted octanol–water partition coefficient (Wildman–Crippen LogP) is 4.05. The van der Waals surface area contributed by atoms with Crippen molar-refractivity contribution in [3.8, 4) is 0 Å². The van der Waals surface area contributed by atoms with Crippen LogP contribution in [0.25, 0.3) is 11.0 Å². The summed E-state index contributed by atoms with van der Waals surface area (Å²) in [5.41, 5.74) is 0.423. The van der Waals surface area contributed by atoms with E-state index in [1.54, 1.807) is 6.07 Å². The molecule has 1 amide bonds. The minimum Gasteiger partial charge on any atom is -0.453 e. The van der Waals surface area contributed by atoms with E-state index in [0.29, 0.717) is 5.58 Å². The lowest BCUT2D eigenvalue weighted by Gasteiger charge is -2.36. The molecule has 1 aliphatic carbocycles. The SMILES string of the molecule is COC(=O)N[C@H]1CC[C@H](CCN2CCN(c3noc4cc(F)c(Cl)cc34)CC2)CC1. The van der Waals surface area contributed by atoms with Crippen LogP contribution in [0.3, 0.4) is 0 Å². The number of hydrogen-bond acceptors (Lipinski definition) is 6. The number of halogens is 2. The minimum absolute atomic E-state index is 0.0853. The third-order valence-electron chi connectivity index (χ3n) is 6.37. The molecule has 7 nitrogen and oxygen atoms in total. The van der Waals surface area contributed by atoms with E-state index < -0.39 is 5.82 Å². The van der Waals surface area contributed by atoms with Gasteiger partial charge in [-0.1, -0.05) is 16.8 Å². The summed E-state index contributed by atoms with van der Waals surface area (Å²) in [6.45, 7) is 4.72. The molecule has 164 valence electrons. The Morgan fingerprint density at radius 3 is 2.70 bits per heavy atom. The molecule has 2 aromatic rings. The molecule has 1 saturated heterocycles. The van der Waals surface area contributed by atoms with Gasteiger partial charge in [0.1, 0.15) is 5.82 Å². The molecule has 2 heterocycles. The van der Waals surface area contributed by atoms with Crippen LogP contribution in [0, 0.1) is 11.7 Å². The highest BCUT2D eigenvalue weighted by molar-refractivity contribution is 6.31. The molecule has 0 spiro atoms. The number of benzene rings is 1. The molecular formula is C21H28ClFN4O3. The Morgan fingerprint density at radius 2 is 2.00 bits per heavy atom. The topological polar surface area (TPSA) is 70.8 Å². The van der Waals surface area contributed by atoms with Crippen LogP contribution >= 0.6 is 11.6 Å². The molecule has 2 aliphatic rings. The lowest BCUT2D eigenvalue weighted by Crippen LogP contribution is -2.47. The zero-order chi connectivity index (χ0) is 21.1. The first-order valence-corrected chi connectivity index (χ1v) is 11.0. The van der Waals surface area contributed by atoms with Crippen LogP contribution in [0.2, 0.25) is 5.02 Å². The van der Waals surface area contributed by atoms with E-state index in [-0.39, 0.29) is 17.2 Å². The van der Waals surface area contributed by atoms with E-state index in [4.69, 9.17) is 16.1 Å². The average Bonchev–Trinajstić information content (AvgIpc) is 3.16. The van der Waals surface area contributed by atoms with Crippen LogP contribution in [0.1, 0.15) is 32.1 Å². The van der Waals surface area contributed by atoms with E-state index >= 15 is 0 Å². The van der Waals surface area contributed by atoms with E-state index in [2.05, 4.69) is 25.0 Å². The zero-order valence-corrected chi connectivity index (χ0v) is 18.0. The number of carbonyl (C=O) groups is 1. The summed E-state index contributed by atoms with van der Waals surface area (Å²) < 4.78 is 23.6. The molecule has 1 N–H and O–H groups in total. The minimum atomic E-state index is -0.494. The van der Waals surface area contributed by atoms with Gasteiger partial charge in [-0.3, -0.25) is 4.90 Å². The fraction of sp³-hybridized carbons (Fsp3) is 0.619. The number of carbonyl (C=O) groups excluding carboxylic acids is 1. The number of ether oxygens (including phenoxy) is 1. The number of piperazine rings is 1. The standard InChI is InChI=1S/C21H28ClFN4O3/c1-29-21(28)24-15-4-2-14(3-5-15)6-7-26-8-10-27(11-9-26)20-16-12-17(22)18(23)13-19(16)30-25-20/h12-15H,2-11H2,1H3,(H,24,28)/t14-,15-. The Bertz CT molecular complexity index is 877. The fourth-order valence-corrected chi connectivity index (χ4v) is 4.68. The van der Waals surface area contributed by atoms with Gasteiger partial charge in [0.05, 0.1) is 17.5 Å². The molecule has 4 rings (SSSR count). The number of methoxy groups -OCH3 is 1.